The van der Waals surface area contributed by atoms with Crippen LogP contribution in [-0.4, -0.2) is 46.1 Å². The predicted octanol–water partition coefficient (Wildman–Crippen LogP) is 0.880. The second-order valence-corrected chi connectivity index (χ2v) is 7.59. The van der Waals surface area contributed by atoms with Crippen molar-refractivity contribution in [1.29, 1.82) is 0 Å². The van der Waals surface area contributed by atoms with E-state index >= 15 is 0 Å². The number of carbonyl (C=O) groups excluding carboxylic acids is 4. The zero-order valence-corrected chi connectivity index (χ0v) is 14.9. The number of ether oxygens (including phenoxy) is 1. The zero-order valence-electron chi connectivity index (χ0n) is 14.9. The molecule has 26 heavy (non-hydrogen) atoms. The Kier molecular flexibility index (Phi) is 4.88. The van der Waals surface area contributed by atoms with E-state index in [9.17, 15) is 19.2 Å². The van der Waals surface area contributed by atoms with Crippen molar-refractivity contribution < 1.29 is 33.9 Å². The van der Waals surface area contributed by atoms with Crippen molar-refractivity contribution in [3.8, 4) is 0 Å². The normalized spacial score (nSPS) is 26.8. The molecule has 3 atom stereocenters. The van der Waals surface area contributed by atoms with E-state index < -0.39 is 41.2 Å². The first-order valence-electron chi connectivity index (χ1n) is 8.85. The SMILES string of the molecule is CC(C)(CCO)OC(=O)CCC(=O)ON1C(=O)C2C3=CC(CC3)C2C1=O. The van der Waals surface area contributed by atoms with Gasteiger partial charge in [0.25, 0.3) is 11.8 Å². The van der Waals surface area contributed by atoms with Crippen LogP contribution in [0.4, 0.5) is 0 Å². The summed E-state index contributed by atoms with van der Waals surface area (Å²) in [5, 5.41) is 9.49. The van der Waals surface area contributed by atoms with Gasteiger partial charge in [-0.15, -0.1) is 5.06 Å². The van der Waals surface area contributed by atoms with Crippen LogP contribution in [0, 0.1) is 17.8 Å². The molecule has 0 saturated carbocycles. The Morgan fingerprint density at radius 2 is 1.92 bits per heavy atom. The Morgan fingerprint density at radius 1 is 1.23 bits per heavy atom. The highest BCUT2D eigenvalue weighted by Gasteiger charge is 2.58. The van der Waals surface area contributed by atoms with E-state index in [1.807, 2.05) is 6.08 Å². The molecule has 8 nitrogen and oxygen atoms in total. The average Bonchev–Trinajstić information content (AvgIpc) is 3.22. The molecule has 1 aliphatic heterocycles. The van der Waals surface area contributed by atoms with Crippen LogP contribution >= 0.6 is 0 Å². The minimum Gasteiger partial charge on any atom is -0.460 e. The molecule has 2 amide bonds. The van der Waals surface area contributed by atoms with Gasteiger partial charge >= 0.3 is 11.9 Å². The van der Waals surface area contributed by atoms with Crippen molar-refractivity contribution in [1.82, 2.24) is 5.06 Å². The Balaban J connectivity index is 1.50. The highest BCUT2D eigenvalue weighted by atomic mass is 16.7. The Labute approximate surface area is 151 Å². The fraction of sp³-hybridized carbons (Fsp3) is 0.667. The minimum absolute atomic E-state index is 0.0545. The highest BCUT2D eigenvalue weighted by molar-refractivity contribution is 6.07. The number of allylic oxidation sites excluding steroid dienone is 1. The van der Waals surface area contributed by atoms with E-state index in [0.29, 0.717) is 5.06 Å². The van der Waals surface area contributed by atoms with Crippen LogP contribution in [0.15, 0.2) is 11.6 Å². The van der Waals surface area contributed by atoms with Gasteiger partial charge in [0.1, 0.15) is 5.60 Å². The summed E-state index contributed by atoms with van der Waals surface area (Å²) in [6.07, 6.45) is 3.40. The number of hydroxylamine groups is 2. The second kappa shape index (κ2) is 6.83. The molecule has 0 aromatic carbocycles. The number of aliphatic hydroxyl groups is 1. The van der Waals surface area contributed by atoms with E-state index in [2.05, 4.69) is 0 Å². The molecule has 0 radical (unpaired) electrons. The van der Waals surface area contributed by atoms with Crippen molar-refractivity contribution in [3.63, 3.8) is 0 Å². The molecule has 1 saturated heterocycles. The molecule has 3 rings (SSSR count). The van der Waals surface area contributed by atoms with Gasteiger partial charge in [0.15, 0.2) is 0 Å². The largest absolute Gasteiger partial charge is 0.460 e. The summed E-state index contributed by atoms with van der Waals surface area (Å²) < 4.78 is 5.18. The van der Waals surface area contributed by atoms with Crippen molar-refractivity contribution >= 4 is 23.8 Å². The quantitative estimate of drug-likeness (QED) is 0.405. The van der Waals surface area contributed by atoms with Gasteiger partial charge in [-0.25, -0.2) is 4.79 Å². The highest BCUT2D eigenvalue weighted by Crippen LogP contribution is 2.51. The van der Waals surface area contributed by atoms with Crippen LogP contribution in [-0.2, 0) is 28.8 Å². The van der Waals surface area contributed by atoms with Gasteiger partial charge < -0.3 is 14.7 Å². The first-order valence-corrected chi connectivity index (χ1v) is 8.85. The lowest BCUT2D eigenvalue weighted by atomic mass is 9.80. The first-order chi connectivity index (χ1) is 12.2. The van der Waals surface area contributed by atoms with Gasteiger partial charge in [-0.2, -0.15) is 0 Å². The number of nitrogens with zero attached hydrogens (tertiary/aromatic N) is 1. The molecule has 1 fully saturated rings. The standard InChI is InChI=1S/C18H23NO7/c1-18(2,7-8-20)25-12(21)5-6-13(22)26-19-16(23)14-10-3-4-11(9-10)15(14)17(19)24/h9-10,14-15,20H,3-8H2,1-2H3. The van der Waals surface area contributed by atoms with Gasteiger partial charge in [-0.1, -0.05) is 11.6 Å². The molecule has 0 spiro atoms. The fourth-order valence-corrected chi connectivity index (χ4v) is 3.92. The van der Waals surface area contributed by atoms with Crippen LogP contribution in [0.25, 0.3) is 0 Å². The van der Waals surface area contributed by atoms with E-state index in [-0.39, 0.29) is 31.8 Å². The van der Waals surface area contributed by atoms with Gasteiger partial charge in [-0.05, 0) is 32.6 Å². The van der Waals surface area contributed by atoms with Crippen LogP contribution in [0.1, 0.15) is 46.0 Å². The summed E-state index contributed by atoms with van der Waals surface area (Å²) in [7, 11) is 0. The molecule has 142 valence electrons. The smallest absolute Gasteiger partial charge is 0.333 e. The zero-order chi connectivity index (χ0) is 19.1. The Hall–Kier alpha value is -2.22. The lowest BCUT2D eigenvalue weighted by Gasteiger charge is -2.24. The third-order valence-corrected chi connectivity index (χ3v) is 5.20. The third-order valence-electron chi connectivity index (χ3n) is 5.20. The van der Waals surface area contributed by atoms with Crippen LogP contribution < -0.4 is 0 Å². The molecular formula is C18H23NO7. The maximum absolute atomic E-state index is 12.4. The molecule has 2 bridgehead atoms. The molecule has 3 aliphatic rings. The Morgan fingerprint density at radius 3 is 2.58 bits per heavy atom. The first kappa shape index (κ1) is 18.6. The summed E-state index contributed by atoms with van der Waals surface area (Å²) in [4.78, 5) is 53.5. The van der Waals surface area contributed by atoms with Crippen molar-refractivity contribution in [2.45, 2.75) is 51.6 Å². The third kappa shape index (κ3) is 3.38. The van der Waals surface area contributed by atoms with Gasteiger partial charge in [0, 0.05) is 13.0 Å². The molecule has 0 aromatic heterocycles. The van der Waals surface area contributed by atoms with Gasteiger partial charge in [-0.3, -0.25) is 14.4 Å². The number of fused-ring (bicyclic) bond motifs is 4. The van der Waals surface area contributed by atoms with E-state index in [4.69, 9.17) is 14.7 Å². The van der Waals surface area contributed by atoms with E-state index in [1.54, 1.807) is 13.8 Å². The minimum atomic E-state index is -0.832. The van der Waals surface area contributed by atoms with Crippen LogP contribution in [0.2, 0.25) is 0 Å². The number of esters is 1. The number of rotatable bonds is 7. The summed E-state index contributed by atoms with van der Waals surface area (Å²) in [5.74, 6) is -3.28. The predicted molar refractivity (Wildman–Crippen MR) is 86.8 cm³/mol. The molecular weight excluding hydrogens is 342 g/mol. The average molecular weight is 365 g/mol. The van der Waals surface area contributed by atoms with Crippen LogP contribution in [0.3, 0.4) is 0 Å². The lowest BCUT2D eigenvalue weighted by Crippen LogP contribution is -2.35. The summed E-state index contributed by atoms with van der Waals surface area (Å²) in [5.41, 5.74) is 0.132. The van der Waals surface area contributed by atoms with Gasteiger partial charge in [0.2, 0.25) is 0 Å². The molecule has 3 unspecified atom stereocenters. The number of carbonyl (C=O) groups is 4. The second-order valence-electron chi connectivity index (χ2n) is 7.59. The van der Waals surface area contributed by atoms with E-state index in [1.165, 1.54) is 0 Å². The molecule has 0 aromatic rings. The van der Waals surface area contributed by atoms with Crippen molar-refractivity contribution in [3.05, 3.63) is 11.6 Å². The number of imide groups is 1. The fourth-order valence-electron chi connectivity index (χ4n) is 3.92. The Bertz CT molecular complexity index is 681. The van der Waals surface area contributed by atoms with Gasteiger partial charge in [0.05, 0.1) is 24.7 Å². The molecule has 8 heteroatoms. The molecule has 1 N–H and O–H groups in total. The maximum Gasteiger partial charge on any atom is 0.333 e. The molecule has 1 heterocycles. The van der Waals surface area contributed by atoms with Crippen molar-refractivity contribution in [2.24, 2.45) is 17.8 Å². The topological polar surface area (TPSA) is 110 Å². The lowest BCUT2D eigenvalue weighted by molar-refractivity contribution is -0.199. The number of hydrogen-bond acceptors (Lipinski definition) is 7. The summed E-state index contributed by atoms with van der Waals surface area (Å²) in [6.45, 7) is 3.19. The maximum atomic E-state index is 12.4. The summed E-state index contributed by atoms with van der Waals surface area (Å²) >= 11 is 0. The molecule has 2 aliphatic carbocycles. The van der Waals surface area contributed by atoms with Crippen molar-refractivity contribution in [2.75, 3.05) is 6.61 Å². The summed E-state index contributed by atoms with van der Waals surface area (Å²) in [6, 6.07) is 0. The van der Waals surface area contributed by atoms with Crippen LogP contribution in [0.5, 0.6) is 0 Å². The number of amides is 2. The number of hydrogen-bond donors (Lipinski definition) is 1. The number of aliphatic hydroxyl groups excluding tert-OH is 1. The van der Waals surface area contributed by atoms with E-state index in [0.717, 1.165) is 18.4 Å². The monoisotopic (exact) mass is 365 g/mol.